The van der Waals surface area contributed by atoms with E-state index in [1.54, 1.807) is 25.1 Å². The molecule has 0 radical (unpaired) electrons. The van der Waals surface area contributed by atoms with Crippen molar-refractivity contribution < 1.29 is 24.2 Å². The summed E-state index contributed by atoms with van der Waals surface area (Å²) < 4.78 is 10.6. The molecule has 1 rings (SSSR count). The van der Waals surface area contributed by atoms with E-state index in [4.69, 9.17) is 14.6 Å². The number of methoxy groups -OCH3 is 2. The first-order chi connectivity index (χ1) is 10.9. The maximum absolute atomic E-state index is 12.3. The van der Waals surface area contributed by atoms with Crippen molar-refractivity contribution in [2.24, 2.45) is 5.92 Å². The molecule has 0 bridgehead atoms. The Labute approximate surface area is 136 Å². The second-order valence-electron chi connectivity index (χ2n) is 5.28. The van der Waals surface area contributed by atoms with E-state index in [9.17, 15) is 9.59 Å². The van der Waals surface area contributed by atoms with Gasteiger partial charge in [0.15, 0.2) is 11.5 Å². The lowest BCUT2D eigenvalue weighted by molar-refractivity contribution is -0.137. The van der Waals surface area contributed by atoms with Crippen LogP contribution in [0.15, 0.2) is 24.8 Å². The molecule has 1 aromatic rings. The van der Waals surface area contributed by atoms with Crippen molar-refractivity contribution >= 4 is 11.9 Å². The Balaban J connectivity index is 2.93. The van der Waals surface area contributed by atoms with Crippen LogP contribution in [0.5, 0.6) is 11.5 Å². The summed E-state index contributed by atoms with van der Waals surface area (Å²) in [6.45, 7) is 5.75. The summed E-state index contributed by atoms with van der Waals surface area (Å²) in [5, 5.41) is 11.5. The molecular formula is C17H23NO5. The van der Waals surface area contributed by atoms with Gasteiger partial charge in [-0.2, -0.15) is 0 Å². The van der Waals surface area contributed by atoms with Crippen molar-refractivity contribution in [1.82, 2.24) is 5.32 Å². The molecule has 0 fully saturated rings. The van der Waals surface area contributed by atoms with Crippen molar-refractivity contribution in [2.45, 2.75) is 19.8 Å². The molecule has 6 nitrogen and oxygen atoms in total. The largest absolute Gasteiger partial charge is 0.493 e. The zero-order valence-corrected chi connectivity index (χ0v) is 13.7. The first kappa shape index (κ1) is 18.5. The van der Waals surface area contributed by atoms with Crippen LogP contribution >= 0.6 is 0 Å². The molecular weight excluding hydrogens is 298 g/mol. The van der Waals surface area contributed by atoms with Gasteiger partial charge in [-0.3, -0.25) is 9.59 Å². The normalized spacial score (nSPS) is 11.4. The predicted octanol–water partition coefficient (Wildman–Crippen LogP) is 2.27. The molecule has 0 spiro atoms. The number of hydrogen-bond acceptors (Lipinski definition) is 4. The standard InChI is InChI=1S/C17H23NO5/c1-5-6-12-8-13(9-14(22-3)16(12)23-4)17(21)18-10-11(2)7-15(19)20/h5,8-9,11H,1,6-7,10H2,2-4H3,(H,18,21)(H,19,20). The van der Waals surface area contributed by atoms with Gasteiger partial charge in [-0.15, -0.1) is 6.58 Å². The van der Waals surface area contributed by atoms with E-state index in [-0.39, 0.29) is 24.8 Å². The minimum atomic E-state index is -0.883. The van der Waals surface area contributed by atoms with Gasteiger partial charge in [0.2, 0.25) is 0 Å². The highest BCUT2D eigenvalue weighted by atomic mass is 16.5. The number of carboxylic acids is 1. The van der Waals surface area contributed by atoms with Crippen LogP contribution in [-0.2, 0) is 11.2 Å². The van der Waals surface area contributed by atoms with Crippen LogP contribution < -0.4 is 14.8 Å². The maximum atomic E-state index is 12.3. The minimum Gasteiger partial charge on any atom is -0.493 e. The SMILES string of the molecule is C=CCc1cc(C(=O)NCC(C)CC(=O)O)cc(OC)c1OC. The van der Waals surface area contributed by atoms with Crippen LogP contribution in [0.25, 0.3) is 0 Å². The lowest BCUT2D eigenvalue weighted by atomic mass is 10.0. The molecule has 0 heterocycles. The third-order valence-corrected chi connectivity index (χ3v) is 3.32. The van der Waals surface area contributed by atoms with E-state index >= 15 is 0 Å². The first-order valence-corrected chi connectivity index (χ1v) is 7.28. The Hall–Kier alpha value is -2.50. The van der Waals surface area contributed by atoms with E-state index in [0.717, 1.165) is 5.56 Å². The number of amides is 1. The predicted molar refractivity (Wildman–Crippen MR) is 87.2 cm³/mol. The number of hydrogen-bond donors (Lipinski definition) is 2. The van der Waals surface area contributed by atoms with Crippen molar-refractivity contribution in [3.05, 3.63) is 35.9 Å². The molecule has 1 atom stereocenters. The zero-order chi connectivity index (χ0) is 17.4. The Bertz CT molecular complexity index is 583. The van der Waals surface area contributed by atoms with Gasteiger partial charge in [-0.1, -0.05) is 13.0 Å². The summed E-state index contributed by atoms with van der Waals surface area (Å²) in [6, 6.07) is 3.32. The zero-order valence-electron chi connectivity index (χ0n) is 13.7. The fourth-order valence-corrected chi connectivity index (χ4v) is 2.22. The number of benzene rings is 1. The van der Waals surface area contributed by atoms with E-state index in [0.29, 0.717) is 23.5 Å². The van der Waals surface area contributed by atoms with Crippen LogP contribution in [0.1, 0.15) is 29.3 Å². The van der Waals surface area contributed by atoms with Gasteiger partial charge < -0.3 is 19.9 Å². The summed E-state index contributed by atoms with van der Waals surface area (Å²) in [5.74, 6) is -0.275. The second-order valence-corrected chi connectivity index (χ2v) is 5.28. The molecule has 0 aromatic heterocycles. The fraction of sp³-hybridized carbons (Fsp3) is 0.412. The van der Waals surface area contributed by atoms with Crippen LogP contribution in [0.4, 0.5) is 0 Å². The average molecular weight is 321 g/mol. The Morgan fingerprint density at radius 1 is 1.35 bits per heavy atom. The highest BCUT2D eigenvalue weighted by molar-refractivity contribution is 5.95. The number of ether oxygens (including phenoxy) is 2. The van der Waals surface area contributed by atoms with Gasteiger partial charge in [0.05, 0.1) is 14.2 Å². The Morgan fingerprint density at radius 3 is 2.57 bits per heavy atom. The number of rotatable bonds is 9. The number of aliphatic carboxylic acids is 1. The van der Waals surface area contributed by atoms with Gasteiger partial charge in [0.25, 0.3) is 5.91 Å². The van der Waals surface area contributed by atoms with Gasteiger partial charge in [-0.05, 0) is 24.5 Å². The lowest BCUT2D eigenvalue weighted by Crippen LogP contribution is -2.29. The lowest BCUT2D eigenvalue weighted by Gasteiger charge is -2.15. The van der Waals surface area contributed by atoms with Gasteiger partial charge in [0, 0.05) is 24.1 Å². The van der Waals surface area contributed by atoms with Crippen molar-refractivity contribution in [2.75, 3.05) is 20.8 Å². The smallest absolute Gasteiger partial charge is 0.303 e. The average Bonchev–Trinajstić information content (AvgIpc) is 2.51. The highest BCUT2D eigenvalue weighted by Gasteiger charge is 2.16. The molecule has 1 aromatic carbocycles. The van der Waals surface area contributed by atoms with E-state index in [1.165, 1.54) is 14.2 Å². The molecule has 0 aliphatic carbocycles. The fourth-order valence-electron chi connectivity index (χ4n) is 2.22. The maximum Gasteiger partial charge on any atom is 0.303 e. The number of allylic oxidation sites excluding steroid dienone is 1. The van der Waals surface area contributed by atoms with Crippen molar-refractivity contribution in [3.63, 3.8) is 0 Å². The first-order valence-electron chi connectivity index (χ1n) is 7.28. The second kappa shape index (κ2) is 8.82. The van der Waals surface area contributed by atoms with Crippen LogP contribution in [-0.4, -0.2) is 37.7 Å². The molecule has 1 unspecified atom stereocenters. The molecule has 0 aliphatic heterocycles. The third-order valence-electron chi connectivity index (χ3n) is 3.32. The van der Waals surface area contributed by atoms with E-state index in [1.807, 2.05) is 0 Å². The van der Waals surface area contributed by atoms with Crippen LogP contribution in [0, 0.1) is 5.92 Å². The molecule has 0 saturated heterocycles. The quantitative estimate of drug-likeness (QED) is 0.682. The Morgan fingerprint density at radius 2 is 2.04 bits per heavy atom. The molecule has 6 heteroatoms. The summed E-state index contributed by atoms with van der Waals surface area (Å²) in [5.41, 5.74) is 1.23. The molecule has 1 amide bonds. The van der Waals surface area contributed by atoms with Crippen LogP contribution in [0.3, 0.4) is 0 Å². The monoisotopic (exact) mass is 321 g/mol. The summed E-state index contributed by atoms with van der Waals surface area (Å²) in [4.78, 5) is 22.9. The van der Waals surface area contributed by atoms with Gasteiger partial charge >= 0.3 is 5.97 Å². The molecule has 0 saturated carbocycles. The molecule has 23 heavy (non-hydrogen) atoms. The Kier molecular flexibility index (Phi) is 7.12. The summed E-state index contributed by atoms with van der Waals surface area (Å²) in [7, 11) is 3.05. The number of carbonyl (C=O) groups is 2. The topological polar surface area (TPSA) is 84.9 Å². The van der Waals surface area contributed by atoms with E-state index < -0.39 is 5.97 Å². The van der Waals surface area contributed by atoms with Gasteiger partial charge in [0.1, 0.15) is 0 Å². The number of carbonyl (C=O) groups excluding carboxylic acids is 1. The molecule has 2 N–H and O–H groups in total. The number of carboxylic acid groups (broad SMARTS) is 1. The van der Waals surface area contributed by atoms with Crippen molar-refractivity contribution in [1.29, 1.82) is 0 Å². The van der Waals surface area contributed by atoms with Crippen molar-refractivity contribution in [3.8, 4) is 11.5 Å². The third kappa shape index (κ3) is 5.32. The molecule has 0 aliphatic rings. The minimum absolute atomic E-state index is 0.00786. The van der Waals surface area contributed by atoms with E-state index in [2.05, 4.69) is 11.9 Å². The van der Waals surface area contributed by atoms with Gasteiger partial charge in [-0.25, -0.2) is 0 Å². The highest BCUT2D eigenvalue weighted by Crippen LogP contribution is 2.33. The summed E-state index contributed by atoms with van der Waals surface area (Å²) in [6.07, 6.45) is 2.26. The summed E-state index contributed by atoms with van der Waals surface area (Å²) >= 11 is 0. The number of nitrogens with one attached hydrogen (secondary N) is 1. The molecule has 126 valence electrons. The van der Waals surface area contributed by atoms with Crippen LogP contribution in [0.2, 0.25) is 0 Å².